The van der Waals surface area contributed by atoms with E-state index in [2.05, 4.69) is 11.8 Å². The van der Waals surface area contributed by atoms with E-state index in [9.17, 15) is 35.1 Å². The van der Waals surface area contributed by atoms with Gasteiger partial charge in [0.2, 0.25) is 0 Å². The van der Waals surface area contributed by atoms with Crippen LogP contribution in [0.2, 0.25) is 0 Å². The Bertz CT molecular complexity index is 1260. The molecule has 0 saturated heterocycles. The van der Waals surface area contributed by atoms with Gasteiger partial charge < -0.3 is 0 Å². The zero-order chi connectivity index (χ0) is 25.0. The summed E-state index contributed by atoms with van der Waals surface area (Å²) in [4.78, 5) is 0. The summed E-state index contributed by atoms with van der Waals surface area (Å²) in [7, 11) is 0. The number of alkyl halides is 3. The fraction of sp³-hybridized carbons (Fsp3) is 0.154. The first-order chi connectivity index (χ1) is 16.0. The van der Waals surface area contributed by atoms with Crippen molar-refractivity contribution in [2.45, 2.75) is 25.9 Å². The average molecular weight is 480 g/mol. The van der Waals surface area contributed by atoms with Crippen LogP contribution in [0.1, 0.15) is 35.6 Å². The lowest BCUT2D eigenvalue weighted by molar-refractivity contribution is -0.0790. The molecule has 0 aliphatic heterocycles. The highest BCUT2D eigenvalue weighted by Gasteiger charge is 2.23. The Morgan fingerprint density at radius 1 is 0.765 bits per heavy atom. The van der Waals surface area contributed by atoms with Crippen LogP contribution < -0.4 is 0 Å². The molecule has 3 aromatic rings. The van der Waals surface area contributed by atoms with Crippen molar-refractivity contribution < 1.29 is 35.1 Å². The molecular weight excluding hydrogens is 464 g/mol. The molecule has 0 unspecified atom stereocenters. The van der Waals surface area contributed by atoms with Crippen LogP contribution >= 0.6 is 0 Å². The molecule has 176 valence electrons. The monoisotopic (exact) mass is 480 g/mol. The van der Waals surface area contributed by atoms with Crippen molar-refractivity contribution in [2.24, 2.45) is 0 Å². The smallest absolute Gasteiger partial charge is 0.206 e. The van der Waals surface area contributed by atoms with E-state index < -0.39 is 46.4 Å². The fourth-order valence-electron chi connectivity index (χ4n) is 3.21. The van der Waals surface area contributed by atoms with Crippen molar-refractivity contribution in [2.75, 3.05) is 0 Å². The second-order valence-electron chi connectivity index (χ2n) is 7.36. The molecule has 0 aromatic heterocycles. The van der Waals surface area contributed by atoms with Crippen LogP contribution in [-0.2, 0) is 6.42 Å². The predicted octanol–water partition coefficient (Wildman–Crippen LogP) is 7.98. The highest BCUT2D eigenvalue weighted by molar-refractivity contribution is 5.66. The van der Waals surface area contributed by atoms with Crippen molar-refractivity contribution in [3.63, 3.8) is 0 Å². The molecule has 0 nitrogen and oxygen atoms in total. The van der Waals surface area contributed by atoms with Gasteiger partial charge in [-0.1, -0.05) is 37.3 Å². The number of halogens is 8. The molecule has 0 atom stereocenters. The SMILES string of the molecule is CCCc1ccc(-c2cc(F)c(C#Cc3cc(F)c(C=CC(F)(F)F)c(F)c3)c(F)c2)c(F)c1. The highest BCUT2D eigenvalue weighted by atomic mass is 19.4. The summed E-state index contributed by atoms with van der Waals surface area (Å²) in [6.45, 7) is 1.93. The lowest BCUT2D eigenvalue weighted by Crippen LogP contribution is -2.01. The van der Waals surface area contributed by atoms with Crippen LogP contribution in [0.25, 0.3) is 17.2 Å². The number of hydrogen-bond acceptors (Lipinski definition) is 0. The second-order valence-corrected chi connectivity index (χ2v) is 7.36. The van der Waals surface area contributed by atoms with Gasteiger partial charge in [0, 0.05) is 22.8 Å². The number of benzene rings is 3. The molecule has 0 fully saturated rings. The molecule has 0 N–H and O–H groups in total. The maximum Gasteiger partial charge on any atom is 0.409 e. The van der Waals surface area contributed by atoms with Gasteiger partial charge in [-0.3, -0.25) is 0 Å². The number of allylic oxidation sites excluding steroid dienone is 1. The molecule has 3 rings (SSSR count). The van der Waals surface area contributed by atoms with E-state index in [1.807, 2.05) is 6.92 Å². The van der Waals surface area contributed by atoms with Crippen LogP contribution in [0.5, 0.6) is 0 Å². The van der Waals surface area contributed by atoms with E-state index in [1.54, 1.807) is 6.07 Å². The average Bonchev–Trinajstić information content (AvgIpc) is 2.72. The summed E-state index contributed by atoms with van der Waals surface area (Å²) in [5, 5.41) is 0. The van der Waals surface area contributed by atoms with E-state index in [1.165, 1.54) is 12.1 Å². The molecule has 0 heterocycles. The van der Waals surface area contributed by atoms with Gasteiger partial charge in [0.15, 0.2) is 0 Å². The zero-order valence-corrected chi connectivity index (χ0v) is 17.6. The molecule has 0 aliphatic carbocycles. The van der Waals surface area contributed by atoms with Gasteiger partial charge in [-0.05, 0) is 54.0 Å². The summed E-state index contributed by atoms with van der Waals surface area (Å²) in [5.41, 5.74) is -1.32. The van der Waals surface area contributed by atoms with Crippen LogP contribution in [0.3, 0.4) is 0 Å². The molecule has 0 bridgehead atoms. The molecule has 3 aromatic carbocycles. The third-order valence-electron chi connectivity index (χ3n) is 4.78. The Morgan fingerprint density at radius 3 is 1.91 bits per heavy atom. The molecule has 0 amide bonds. The molecule has 8 heteroatoms. The van der Waals surface area contributed by atoms with E-state index in [0.717, 1.165) is 24.1 Å². The van der Waals surface area contributed by atoms with Gasteiger partial charge in [-0.2, -0.15) is 13.2 Å². The van der Waals surface area contributed by atoms with Gasteiger partial charge in [-0.15, -0.1) is 0 Å². The second kappa shape index (κ2) is 10.1. The number of aryl methyl sites for hydroxylation is 1. The standard InChI is InChI=1S/C26H16F8/c1-2-3-15-4-6-18(21(27)10-15)17-13-24(30)19(25(31)14-17)7-5-16-11-22(28)20(23(29)12-16)8-9-26(32,33)34/h4,6,8-14H,2-3H2,1H3. The van der Waals surface area contributed by atoms with Crippen molar-refractivity contribution in [3.05, 3.63) is 99.9 Å². The number of rotatable bonds is 4. The Labute approximate surface area is 190 Å². The Kier molecular flexibility index (Phi) is 7.45. The minimum absolute atomic E-state index is 0.0104. The third-order valence-corrected chi connectivity index (χ3v) is 4.78. The van der Waals surface area contributed by atoms with Crippen molar-refractivity contribution in [1.29, 1.82) is 0 Å². The predicted molar refractivity (Wildman–Crippen MR) is 113 cm³/mol. The minimum Gasteiger partial charge on any atom is -0.206 e. The van der Waals surface area contributed by atoms with Crippen LogP contribution in [-0.4, -0.2) is 6.18 Å². The van der Waals surface area contributed by atoms with Crippen molar-refractivity contribution in [1.82, 2.24) is 0 Å². The number of hydrogen-bond donors (Lipinski definition) is 0. The Hall–Kier alpha value is -3.60. The summed E-state index contributed by atoms with van der Waals surface area (Å²) in [5.74, 6) is -1.24. The van der Waals surface area contributed by atoms with E-state index in [4.69, 9.17) is 0 Å². The quantitative estimate of drug-likeness (QED) is 0.262. The molecule has 0 spiro atoms. The first kappa shape index (κ1) is 25.0. The molecular formula is C26H16F8. The summed E-state index contributed by atoms with van der Waals surface area (Å²) >= 11 is 0. The van der Waals surface area contributed by atoms with Gasteiger partial charge in [0.25, 0.3) is 0 Å². The fourth-order valence-corrected chi connectivity index (χ4v) is 3.21. The van der Waals surface area contributed by atoms with Crippen molar-refractivity contribution >= 4 is 6.08 Å². The zero-order valence-electron chi connectivity index (χ0n) is 17.6. The molecule has 34 heavy (non-hydrogen) atoms. The molecule has 0 saturated carbocycles. The van der Waals surface area contributed by atoms with Crippen LogP contribution in [0, 0.1) is 40.9 Å². The Morgan fingerprint density at radius 2 is 1.38 bits per heavy atom. The summed E-state index contributed by atoms with van der Waals surface area (Å²) in [6.07, 6.45) is -3.41. The minimum atomic E-state index is -4.76. The van der Waals surface area contributed by atoms with Crippen LogP contribution in [0.4, 0.5) is 35.1 Å². The lowest BCUT2D eigenvalue weighted by Gasteiger charge is -2.08. The summed E-state index contributed by atoms with van der Waals surface area (Å²) in [6, 6.07) is 7.42. The van der Waals surface area contributed by atoms with Crippen LogP contribution in [0.15, 0.2) is 48.5 Å². The van der Waals surface area contributed by atoms with Gasteiger partial charge in [0.05, 0.1) is 5.56 Å². The first-order valence-corrected chi connectivity index (χ1v) is 10.0. The van der Waals surface area contributed by atoms with E-state index in [-0.39, 0.29) is 28.8 Å². The maximum absolute atomic E-state index is 14.5. The topological polar surface area (TPSA) is 0 Å². The molecule has 0 aliphatic rings. The highest BCUT2D eigenvalue weighted by Crippen LogP contribution is 2.28. The van der Waals surface area contributed by atoms with Gasteiger partial charge >= 0.3 is 6.18 Å². The first-order valence-electron chi connectivity index (χ1n) is 10.0. The maximum atomic E-state index is 14.5. The largest absolute Gasteiger partial charge is 0.409 e. The lowest BCUT2D eigenvalue weighted by atomic mass is 9.99. The van der Waals surface area contributed by atoms with E-state index in [0.29, 0.717) is 18.6 Å². The van der Waals surface area contributed by atoms with Gasteiger partial charge in [0.1, 0.15) is 29.1 Å². The summed E-state index contributed by atoms with van der Waals surface area (Å²) < 4.78 is 108. The van der Waals surface area contributed by atoms with Crippen molar-refractivity contribution in [3.8, 4) is 23.0 Å². The molecule has 0 radical (unpaired) electrons. The van der Waals surface area contributed by atoms with Gasteiger partial charge in [-0.25, -0.2) is 22.0 Å². The Balaban J connectivity index is 1.93. The van der Waals surface area contributed by atoms with E-state index >= 15 is 0 Å². The normalized spacial score (nSPS) is 11.6. The third kappa shape index (κ3) is 6.04.